The highest BCUT2D eigenvalue weighted by molar-refractivity contribution is 6.30. The highest BCUT2D eigenvalue weighted by atomic mass is 35.5. The number of hydrogen-bond acceptors (Lipinski definition) is 4. The van der Waals surface area contributed by atoms with E-state index in [9.17, 15) is 9.59 Å². The Balaban J connectivity index is 1.66. The van der Waals surface area contributed by atoms with Crippen LogP contribution >= 0.6 is 11.6 Å². The van der Waals surface area contributed by atoms with Crippen molar-refractivity contribution < 1.29 is 9.59 Å². The van der Waals surface area contributed by atoms with Gasteiger partial charge in [-0.05, 0) is 30.8 Å². The number of rotatable bonds is 3. The van der Waals surface area contributed by atoms with Crippen LogP contribution in [0.25, 0.3) is 0 Å². The summed E-state index contributed by atoms with van der Waals surface area (Å²) >= 11 is 5.86. The Bertz CT molecular complexity index is 566. The lowest BCUT2D eigenvalue weighted by Crippen LogP contribution is -2.63. The number of amides is 3. The molecular formula is C16H21ClN4O2. The van der Waals surface area contributed by atoms with E-state index >= 15 is 0 Å². The largest absolute Gasteiger partial charge is 0.329 e. The second kappa shape index (κ2) is 6.86. The van der Waals surface area contributed by atoms with Crippen LogP contribution in [0.15, 0.2) is 24.3 Å². The maximum Gasteiger partial charge on any atom is 0.329 e. The number of halogens is 1. The van der Waals surface area contributed by atoms with Crippen molar-refractivity contribution in [2.45, 2.75) is 19.5 Å². The first kappa shape index (κ1) is 16.2. The number of urea groups is 1. The van der Waals surface area contributed by atoms with Gasteiger partial charge in [0.1, 0.15) is 0 Å². The van der Waals surface area contributed by atoms with E-state index < -0.39 is 0 Å². The topological polar surface area (TPSA) is 55.9 Å². The maximum atomic E-state index is 12.5. The third-order valence-electron chi connectivity index (χ3n) is 4.49. The van der Waals surface area contributed by atoms with Gasteiger partial charge >= 0.3 is 6.03 Å². The first-order valence-electron chi connectivity index (χ1n) is 7.94. The Morgan fingerprint density at radius 1 is 1.13 bits per heavy atom. The molecule has 1 aromatic rings. The lowest BCUT2D eigenvalue weighted by Gasteiger charge is -2.41. The molecule has 1 N–H and O–H groups in total. The van der Waals surface area contributed by atoms with Crippen molar-refractivity contribution in [1.29, 1.82) is 0 Å². The zero-order chi connectivity index (χ0) is 16.4. The summed E-state index contributed by atoms with van der Waals surface area (Å²) in [5, 5.41) is 3.53. The number of benzene rings is 1. The molecule has 3 amide bonds. The van der Waals surface area contributed by atoms with Gasteiger partial charge in [-0.25, -0.2) is 9.69 Å². The molecule has 3 rings (SSSR count). The van der Waals surface area contributed by atoms with Crippen LogP contribution in [0.4, 0.5) is 10.5 Å². The van der Waals surface area contributed by atoms with Crippen LogP contribution in [0.2, 0.25) is 5.02 Å². The van der Waals surface area contributed by atoms with E-state index in [1.165, 1.54) is 4.90 Å². The van der Waals surface area contributed by atoms with Gasteiger partial charge in [-0.1, -0.05) is 18.5 Å². The number of carbonyl (C=O) groups is 2. The van der Waals surface area contributed by atoms with Crippen LogP contribution in [-0.4, -0.2) is 60.6 Å². The van der Waals surface area contributed by atoms with E-state index in [0.29, 0.717) is 17.1 Å². The van der Waals surface area contributed by atoms with Crippen LogP contribution < -0.4 is 10.2 Å². The minimum Gasteiger partial charge on any atom is -0.321 e. The molecule has 2 aliphatic heterocycles. The molecule has 0 radical (unpaired) electrons. The number of anilines is 1. The van der Waals surface area contributed by atoms with E-state index in [-0.39, 0.29) is 18.1 Å². The summed E-state index contributed by atoms with van der Waals surface area (Å²) in [6.07, 6.45) is 0.0816. The summed E-state index contributed by atoms with van der Waals surface area (Å²) in [6, 6.07) is 6.34. The van der Waals surface area contributed by atoms with Crippen molar-refractivity contribution in [1.82, 2.24) is 15.1 Å². The van der Waals surface area contributed by atoms with Gasteiger partial charge in [0.25, 0.3) is 0 Å². The van der Waals surface area contributed by atoms with Crippen molar-refractivity contribution in [2.24, 2.45) is 0 Å². The van der Waals surface area contributed by atoms with E-state index in [0.717, 1.165) is 32.7 Å². The standard InChI is InChI=1S/C16H21ClN4O2/c1-2-19-7-9-20(10-8-19)14-11-15(22)21(16(23)18-14)13-5-3-12(17)4-6-13/h3-6,14H,2,7-11H2,1H3,(H,18,23). The molecule has 0 bridgehead atoms. The monoisotopic (exact) mass is 336 g/mol. The van der Waals surface area contributed by atoms with Gasteiger partial charge in [0.2, 0.25) is 5.91 Å². The SMILES string of the molecule is CCN1CCN(C2CC(=O)N(c3ccc(Cl)cc3)C(=O)N2)CC1. The van der Waals surface area contributed by atoms with Crippen molar-refractivity contribution in [3.63, 3.8) is 0 Å². The van der Waals surface area contributed by atoms with Crippen molar-refractivity contribution >= 4 is 29.2 Å². The first-order chi connectivity index (χ1) is 11.1. The molecule has 1 aromatic carbocycles. The molecule has 1 unspecified atom stereocenters. The van der Waals surface area contributed by atoms with Gasteiger partial charge in [-0.2, -0.15) is 0 Å². The Kier molecular flexibility index (Phi) is 4.84. The zero-order valence-corrected chi connectivity index (χ0v) is 13.9. The summed E-state index contributed by atoms with van der Waals surface area (Å²) in [4.78, 5) is 30.6. The van der Waals surface area contributed by atoms with E-state index in [1.54, 1.807) is 24.3 Å². The maximum absolute atomic E-state index is 12.5. The lowest BCUT2D eigenvalue weighted by atomic mass is 10.1. The summed E-state index contributed by atoms with van der Waals surface area (Å²) in [6.45, 7) is 6.86. The van der Waals surface area contributed by atoms with Gasteiger partial charge < -0.3 is 10.2 Å². The molecule has 2 aliphatic rings. The predicted molar refractivity (Wildman–Crippen MR) is 89.6 cm³/mol. The predicted octanol–water partition coefficient (Wildman–Crippen LogP) is 1.75. The third kappa shape index (κ3) is 3.49. The van der Waals surface area contributed by atoms with Crippen molar-refractivity contribution in [3.8, 4) is 0 Å². The lowest BCUT2D eigenvalue weighted by molar-refractivity contribution is -0.120. The Labute approximate surface area is 141 Å². The number of nitrogens with zero attached hydrogens (tertiary/aromatic N) is 3. The fourth-order valence-electron chi connectivity index (χ4n) is 3.09. The van der Waals surface area contributed by atoms with Crippen molar-refractivity contribution in [2.75, 3.05) is 37.6 Å². The first-order valence-corrected chi connectivity index (χ1v) is 8.31. The van der Waals surface area contributed by atoms with Crippen LogP contribution in [0.3, 0.4) is 0 Å². The van der Waals surface area contributed by atoms with Gasteiger partial charge in [0.05, 0.1) is 18.3 Å². The molecule has 2 saturated heterocycles. The van der Waals surface area contributed by atoms with Crippen LogP contribution in [0.1, 0.15) is 13.3 Å². The highest BCUT2D eigenvalue weighted by Gasteiger charge is 2.36. The quantitative estimate of drug-likeness (QED) is 0.913. The Morgan fingerprint density at radius 2 is 1.78 bits per heavy atom. The van der Waals surface area contributed by atoms with Gasteiger partial charge in [-0.3, -0.25) is 9.69 Å². The number of imide groups is 1. The molecule has 124 valence electrons. The molecule has 2 heterocycles. The average molecular weight is 337 g/mol. The molecule has 6 nitrogen and oxygen atoms in total. The number of nitrogens with one attached hydrogen (secondary N) is 1. The van der Waals surface area contributed by atoms with Crippen LogP contribution in [-0.2, 0) is 4.79 Å². The van der Waals surface area contributed by atoms with Gasteiger partial charge in [-0.15, -0.1) is 0 Å². The van der Waals surface area contributed by atoms with E-state index in [4.69, 9.17) is 11.6 Å². The van der Waals surface area contributed by atoms with Crippen LogP contribution in [0.5, 0.6) is 0 Å². The van der Waals surface area contributed by atoms with Crippen molar-refractivity contribution in [3.05, 3.63) is 29.3 Å². The average Bonchev–Trinajstić information content (AvgIpc) is 2.56. The number of hydrogen-bond donors (Lipinski definition) is 1. The normalized spacial score (nSPS) is 23.9. The smallest absolute Gasteiger partial charge is 0.321 e. The minimum atomic E-state index is -0.369. The fraction of sp³-hybridized carbons (Fsp3) is 0.500. The molecule has 2 fully saturated rings. The summed E-state index contributed by atoms with van der Waals surface area (Å²) in [7, 11) is 0. The van der Waals surface area contributed by atoms with Gasteiger partial charge in [0, 0.05) is 31.2 Å². The summed E-state index contributed by atoms with van der Waals surface area (Å²) in [5.74, 6) is -0.181. The number of carbonyl (C=O) groups excluding carboxylic acids is 2. The molecule has 0 aliphatic carbocycles. The molecule has 7 heteroatoms. The van der Waals surface area contributed by atoms with E-state index in [2.05, 4.69) is 22.0 Å². The molecule has 23 heavy (non-hydrogen) atoms. The summed E-state index contributed by atoms with van der Waals surface area (Å²) in [5.41, 5.74) is 0.547. The molecular weight excluding hydrogens is 316 g/mol. The molecule has 0 saturated carbocycles. The molecule has 1 atom stereocenters. The Hall–Kier alpha value is -1.63. The highest BCUT2D eigenvalue weighted by Crippen LogP contribution is 2.22. The number of piperazine rings is 1. The molecule has 0 spiro atoms. The zero-order valence-electron chi connectivity index (χ0n) is 13.2. The second-order valence-corrected chi connectivity index (χ2v) is 6.28. The fourth-order valence-corrected chi connectivity index (χ4v) is 3.22. The minimum absolute atomic E-state index is 0.181. The number of likely N-dealkylation sites (N-methyl/N-ethyl adjacent to an activating group) is 1. The molecule has 0 aromatic heterocycles. The summed E-state index contributed by atoms with van der Waals surface area (Å²) < 4.78 is 0. The third-order valence-corrected chi connectivity index (χ3v) is 4.74. The van der Waals surface area contributed by atoms with Crippen LogP contribution in [0, 0.1) is 0 Å². The second-order valence-electron chi connectivity index (χ2n) is 5.85. The van der Waals surface area contributed by atoms with Gasteiger partial charge in [0.15, 0.2) is 0 Å². The Morgan fingerprint density at radius 3 is 2.35 bits per heavy atom. The van der Waals surface area contributed by atoms with E-state index in [1.807, 2.05) is 0 Å².